The lowest BCUT2D eigenvalue weighted by Crippen LogP contribution is -2.43. The largest absolute Gasteiger partial charge is 0.392 e. The van der Waals surface area contributed by atoms with Crippen molar-refractivity contribution in [2.24, 2.45) is 0 Å². The highest BCUT2D eigenvalue weighted by Crippen LogP contribution is 2.10. The van der Waals surface area contributed by atoms with E-state index in [0.717, 1.165) is 0 Å². The predicted octanol–water partition coefficient (Wildman–Crippen LogP) is 0.146. The first-order valence-corrected chi connectivity index (χ1v) is 5.31. The molecule has 2 amide bonds. The Kier molecular flexibility index (Phi) is 4.66. The van der Waals surface area contributed by atoms with E-state index in [0.29, 0.717) is 5.69 Å². The number of aliphatic hydroxyl groups excluding tert-OH is 1. The Bertz CT molecular complexity index is 390. The molecule has 1 rings (SSSR count). The third-order valence-corrected chi connectivity index (χ3v) is 2.20. The standard InChI is InChI=1S/C12H16N2O3/c1-9(15)8-13-11(16)12(17)14(2)10-6-4-3-5-7-10/h3-7,9,15H,8H2,1-2H3,(H,13,16). The van der Waals surface area contributed by atoms with Crippen molar-refractivity contribution in [3.63, 3.8) is 0 Å². The molecule has 5 nitrogen and oxygen atoms in total. The predicted molar refractivity (Wildman–Crippen MR) is 64.5 cm³/mol. The van der Waals surface area contributed by atoms with Gasteiger partial charge >= 0.3 is 11.8 Å². The van der Waals surface area contributed by atoms with E-state index in [2.05, 4.69) is 5.32 Å². The van der Waals surface area contributed by atoms with Crippen LogP contribution in [0.15, 0.2) is 30.3 Å². The van der Waals surface area contributed by atoms with E-state index in [1.165, 1.54) is 18.9 Å². The van der Waals surface area contributed by atoms with Gasteiger partial charge in [0.25, 0.3) is 0 Å². The van der Waals surface area contributed by atoms with E-state index in [-0.39, 0.29) is 6.54 Å². The van der Waals surface area contributed by atoms with Crippen molar-refractivity contribution in [2.75, 3.05) is 18.5 Å². The van der Waals surface area contributed by atoms with E-state index in [1.54, 1.807) is 24.3 Å². The van der Waals surface area contributed by atoms with Crippen LogP contribution in [-0.4, -0.2) is 36.6 Å². The molecule has 0 bridgehead atoms. The van der Waals surface area contributed by atoms with Gasteiger partial charge in [-0.05, 0) is 19.1 Å². The number of amides is 2. The first-order chi connectivity index (χ1) is 8.02. The molecule has 2 N–H and O–H groups in total. The van der Waals surface area contributed by atoms with Crippen molar-refractivity contribution >= 4 is 17.5 Å². The van der Waals surface area contributed by atoms with Crippen molar-refractivity contribution in [1.29, 1.82) is 0 Å². The minimum atomic E-state index is -0.725. The van der Waals surface area contributed by atoms with Crippen LogP contribution >= 0.6 is 0 Å². The van der Waals surface area contributed by atoms with Crippen molar-refractivity contribution in [2.45, 2.75) is 13.0 Å². The summed E-state index contributed by atoms with van der Waals surface area (Å²) in [5, 5.41) is 11.4. The maximum atomic E-state index is 11.7. The van der Waals surface area contributed by atoms with Crippen LogP contribution in [0.1, 0.15) is 6.92 Å². The Hall–Kier alpha value is -1.88. The third-order valence-electron chi connectivity index (χ3n) is 2.20. The van der Waals surface area contributed by atoms with Crippen molar-refractivity contribution in [3.05, 3.63) is 30.3 Å². The number of carbonyl (C=O) groups is 2. The number of benzene rings is 1. The minimum absolute atomic E-state index is 0.0627. The first-order valence-electron chi connectivity index (χ1n) is 5.31. The van der Waals surface area contributed by atoms with Crippen molar-refractivity contribution in [3.8, 4) is 0 Å². The van der Waals surface area contributed by atoms with Gasteiger partial charge in [-0.3, -0.25) is 9.59 Å². The fraction of sp³-hybridized carbons (Fsp3) is 0.333. The Labute approximate surface area is 100 Å². The minimum Gasteiger partial charge on any atom is -0.392 e. The number of aliphatic hydroxyl groups is 1. The second-order valence-corrected chi connectivity index (χ2v) is 3.76. The van der Waals surface area contributed by atoms with Crippen LogP contribution in [0.5, 0.6) is 0 Å². The molecule has 1 atom stereocenters. The number of hydrogen-bond acceptors (Lipinski definition) is 3. The molecule has 92 valence electrons. The van der Waals surface area contributed by atoms with E-state index >= 15 is 0 Å². The van der Waals surface area contributed by atoms with Gasteiger partial charge in [-0.25, -0.2) is 0 Å². The number of nitrogens with one attached hydrogen (secondary N) is 1. The number of anilines is 1. The summed E-state index contributed by atoms with van der Waals surface area (Å²) >= 11 is 0. The van der Waals surface area contributed by atoms with Gasteiger partial charge in [0, 0.05) is 19.3 Å². The van der Waals surface area contributed by atoms with Gasteiger partial charge in [0.15, 0.2) is 0 Å². The Morgan fingerprint density at radius 1 is 1.35 bits per heavy atom. The molecule has 0 fully saturated rings. The Morgan fingerprint density at radius 2 is 1.94 bits per heavy atom. The molecule has 1 unspecified atom stereocenters. The summed E-state index contributed by atoms with van der Waals surface area (Å²) in [6.07, 6.45) is -0.672. The van der Waals surface area contributed by atoms with E-state index < -0.39 is 17.9 Å². The number of hydrogen-bond donors (Lipinski definition) is 2. The number of likely N-dealkylation sites (N-methyl/N-ethyl adjacent to an activating group) is 1. The zero-order chi connectivity index (χ0) is 12.8. The Morgan fingerprint density at radius 3 is 2.47 bits per heavy atom. The molecule has 1 aromatic carbocycles. The molecule has 0 saturated heterocycles. The lowest BCUT2D eigenvalue weighted by atomic mass is 10.3. The second kappa shape index (κ2) is 6.00. The molecule has 0 radical (unpaired) electrons. The summed E-state index contributed by atoms with van der Waals surface area (Å²) < 4.78 is 0. The maximum Gasteiger partial charge on any atom is 0.316 e. The number of nitrogens with zero attached hydrogens (tertiary/aromatic N) is 1. The van der Waals surface area contributed by atoms with Gasteiger partial charge in [0.05, 0.1) is 6.10 Å². The lowest BCUT2D eigenvalue weighted by Gasteiger charge is -2.16. The van der Waals surface area contributed by atoms with Crippen LogP contribution in [0, 0.1) is 0 Å². The summed E-state index contributed by atoms with van der Waals surface area (Å²) in [7, 11) is 1.53. The van der Waals surface area contributed by atoms with Crippen LogP contribution in [0.4, 0.5) is 5.69 Å². The number of carbonyl (C=O) groups excluding carboxylic acids is 2. The molecule has 0 spiro atoms. The highest BCUT2D eigenvalue weighted by Gasteiger charge is 2.19. The molecule has 5 heteroatoms. The molecule has 0 heterocycles. The quantitative estimate of drug-likeness (QED) is 0.734. The second-order valence-electron chi connectivity index (χ2n) is 3.76. The zero-order valence-electron chi connectivity index (χ0n) is 9.88. The molecule has 17 heavy (non-hydrogen) atoms. The Balaban J connectivity index is 2.61. The van der Waals surface area contributed by atoms with Gasteiger partial charge in [-0.15, -0.1) is 0 Å². The summed E-state index contributed by atoms with van der Waals surface area (Å²) in [6, 6.07) is 8.87. The lowest BCUT2D eigenvalue weighted by molar-refractivity contribution is -0.137. The summed E-state index contributed by atoms with van der Waals surface area (Å²) in [4.78, 5) is 24.4. The van der Waals surface area contributed by atoms with Crippen molar-refractivity contribution < 1.29 is 14.7 Å². The van der Waals surface area contributed by atoms with Crippen LogP contribution in [0.3, 0.4) is 0 Å². The average molecular weight is 236 g/mol. The molecular formula is C12H16N2O3. The molecule has 0 aliphatic carbocycles. The summed E-state index contributed by atoms with van der Waals surface area (Å²) in [5.41, 5.74) is 0.643. The van der Waals surface area contributed by atoms with Crippen LogP contribution in [0.25, 0.3) is 0 Å². The van der Waals surface area contributed by atoms with E-state index in [9.17, 15) is 9.59 Å². The van der Waals surface area contributed by atoms with E-state index in [4.69, 9.17) is 5.11 Å². The van der Waals surface area contributed by atoms with E-state index in [1.807, 2.05) is 6.07 Å². The molecular weight excluding hydrogens is 220 g/mol. The molecule has 0 saturated carbocycles. The molecule has 1 aromatic rings. The smallest absolute Gasteiger partial charge is 0.316 e. The molecule has 0 aromatic heterocycles. The topological polar surface area (TPSA) is 69.6 Å². The SMILES string of the molecule is CC(O)CNC(=O)C(=O)N(C)c1ccccc1. The van der Waals surface area contributed by atoms with Crippen LogP contribution < -0.4 is 10.2 Å². The van der Waals surface area contributed by atoms with Crippen molar-refractivity contribution in [1.82, 2.24) is 5.32 Å². The normalized spacial score (nSPS) is 11.7. The van der Waals surface area contributed by atoms with Crippen LogP contribution in [0.2, 0.25) is 0 Å². The monoisotopic (exact) mass is 236 g/mol. The van der Waals surface area contributed by atoms with Gasteiger partial charge in [-0.2, -0.15) is 0 Å². The maximum absolute atomic E-state index is 11.7. The summed E-state index contributed by atoms with van der Waals surface area (Å²) in [5.74, 6) is -1.38. The number of rotatable bonds is 3. The highest BCUT2D eigenvalue weighted by molar-refractivity contribution is 6.40. The third kappa shape index (κ3) is 3.88. The van der Waals surface area contributed by atoms with Gasteiger partial charge < -0.3 is 15.3 Å². The molecule has 0 aliphatic heterocycles. The van der Waals surface area contributed by atoms with Gasteiger partial charge in [0.1, 0.15) is 0 Å². The first kappa shape index (κ1) is 13.2. The van der Waals surface area contributed by atoms with Crippen LogP contribution in [-0.2, 0) is 9.59 Å². The fourth-order valence-corrected chi connectivity index (χ4v) is 1.24. The average Bonchev–Trinajstić information content (AvgIpc) is 2.35. The van der Waals surface area contributed by atoms with Gasteiger partial charge in [-0.1, -0.05) is 18.2 Å². The highest BCUT2D eigenvalue weighted by atomic mass is 16.3. The fourth-order valence-electron chi connectivity index (χ4n) is 1.24. The van der Waals surface area contributed by atoms with Gasteiger partial charge in [0.2, 0.25) is 0 Å². The molecule has 0 aliphatic rings. The zero-order valence-corrected chi connectivity index (χ0v) is 9.88. The summed E-state index contributed by atoms with van der Waals surface area (Å²) in [6.45, 7) is 1.60. The number of para-hydroxylation sites is 1.